The van der Waals surface area contributed by atoms with Crippen LogP contribution in [0.5, 0.6) is 5.75 Å². The van der Waals surface area contributed by atoms with Crippen molar-refractivity contribution >= 4 is 17.7 Å². The van der Waals surface area contributed by atoms with Crippen LogP contribution in [-0.4, -0.2) is 53.9 Å². The van der Waals surface area contributed by atoms with Gasteiger partial charge in [-0.2, -0.15) is 0 Å². The number of ether oxygens (including phenoxy) is 1. The summed E-state index contributed by atoms with van der Waals surface area (Å²) in [5.41, 5.74) is 1.64. The molecule has 0 unspecified atom stereocenters. The summed E-state index contributed by atoms with van der Waals surface area (Å²) in [6.07, 6.45) is 3.85. The Morgan fingerprint density at radius 3 is 2.59 bits per heavy atom. The van der Waals surface area contributed by atoms with Gasteiger partial charge in [-0.25, -0.2) is 0 Å². The van der Waals surface area contributed by atoms with Crippen molar-refractivity contribution in [2.24, 2.45) is 0 Å². The van der Waals surface area contributed by atoms with E-state index in [0.29, 0.717) is 18.7 Å². The molecule has 2 aromatic carbocycles. The summed E-state index contributed by atoms with van der Waals surface area (Å²) in [5.74, 6) is 0.723. The summed E-state index contributed by atoms with van der Waals surface area (Å²) in [6, 6.07) is 14.4. The quantitative estimate of drug-likeness (QED) is 0.426. The maximum absolute atomic E-state index is 12.6. The van der Waals surface area contributed by atoms with E-state index in [1.807, 2.05) is 12.1 Å². The van der Waals surface area contributed by atoms with Gasteiger partial charge in [-0.3, -0.25) is 19.8 Å². The Balaban J connectivity index is 1.57. The molecule has 2 aromatic rings. The zero-order valence-electron chi connectivity index (χ0n) is 16.5. The highest BCUT2D eigenvalue weighted by Crippen LogP contribution is 2.19. The van der Waals surface area contributed by atoms with Gasteiger partial charge in [0, 0.05) is 44.9 Å². The number of methoxy groups -OCH3 is 1. The molecular weight excluding hydrogens is 370 g/mol. The SMILES string of the molecule is COc1ccc(CN2CCCN(C(=O)/C=C/c3ccccc3[N+](=O)[O-])CC2)cc1. The molecule has 0 radical (unpaired) electrons. The molecule has 152 valence electrons. The van der Waals surface area contributed by atoms with Crippen molar-refractivity contribution in [2.45, 2.75) is 13.0 Å². The lowest BCUT2D eigenvalue weighted by Gasteiger charge is -2.21. The highest BCUT2D eigenvalue weighted by molar-refractivity contribution is 5.92. The van der Waals surface area contributed by atoms with Crippen LogP contribution in [0, 0.1) is 10.1 Å². The lowest BCUT2D eigenvalue weighted by Crippen LogP contribution is -2.34. The Kier molecular flexibility index (Phi) is 6.97. The van der Waals surface area contributed by atoms with Gasteiger partial charge in [0.05, 0.1) is 17.6 Å². The number of benzene rings is 2. The molecule has 0 spiro atoms. The second-order valence-corrected chi connectivity index (χ2v) is 6.95. The largest absolute Gasteiger partial charge is 0.497 e. The maximum Gasteiger partial charge on any atom is 0.276 e. The van der Waals surface area contributed by atoms with Crippen molar-refractivity contribution in [2.75, 3.05) is 33.3 Å². The first-order chi connectivity index (χ1) is 14.1. The van der Waals surface area contributed by atoms with Crippen LogP contribution in [0.25, 0.3) is 6.08 Å². The summed E-state index contributed by atoms with van der Waals surface area (Å²) < 4.78 is 5.19. The highest BCUT2D eigenvalue weighted by Gasteiger charge is 2.18. The average Bonchev–Trinajstić information content (AvgIpc) is 2.98. The number of rotatable bonds is 6. The van der Waals surface area contributed by atoms with Crippen molar-refractivity contribution < 1.29 is 14.5 Å². The molecule has 29 heavy (non-hydrogen) atoms. The Morgan fingerprint density at radius 1 is 1.10 bits per heavy atom. The molecule has 7 heteroatoms. The summed E-state index contributed by atoms with van der Waals surface area (Å²) in [6.45, 7) is 3.86. The molecule has 1 aliphatic rings. The van der Waals surface area contributed by atoms with E-state index in [-0.39, 0.29) is 11.6 Å². The van der Waals surface area contributed by atoms with E-state index in [1.165, 1.54) is 23.8 Å². The minimum absolute atomic E-state index is 0.00177. The van der Waals surface area contributed by atoms with Gasteiger partial charge in [-0.05, 0) is 36.3 Å². The lowest BCUT2D eigenvalue weighted by molar-refractivity contribution is -0.385. The zero-order valence-corrected chi connectivity index (χ0v) is 16.5. The van der Waals surface area contributed by atoms with E-state index in [1.54, 1.807) is 30.2 Å². The number of nitro benzene ring substituents is 1. The number of carbonyl (C=O) groups is 1. The van der Waals surface area contributed by atoms with Gasteiger partial charge in [-0.15, -0.1) is 0 Å². The fourth-order valence-electron chi connectivity index (χ4n) is 3.40. The van der Waals surface area contributed by atoms with Crippen LogP contribution >= 0.6 is 0 Å². The van der Waals surface area contributed by atoms with Gasteiger partial charge in [0.25, 0.3) is 5.69 Å². The summed E-state index contributed by atoms with van der Waals surface area (Å²) in [7, 11) is 1.65. The molecule has 1 saturated heterocycles. The third-order valence-corrected chi connectivity index (χ3v) is 5.00. The topological polar surface area (TPSA) is 75.9 Å². The molecule has 0 aromatic heterocycles. The molecule has 0 aliphatic carbocycles. The molecule has 1 heterocycles. The van der Waals surface area contributed by atoms with Gasteiger partial charge >= 0.3 is 0 Å². The first-order valence-electron chi connectivity index (χ1n) is 9.62. The summed E-state index contributed by atoms with van der Waals surface area (Å²) in [4.78, 5) is 27.4. The number of nitrogens with zero attached hydrogens (tertiary/aromatic N) is 3. The van der Waals surface area contributed by atoms with Gasteiger partial charge in [0.2, 0.25) is 5.91 Å². The predicted octanol–water partition coefficient (Wildman–Crippen LogP) is 3.35. The van der Waals surface area contributed by atoms with Crippen molar-refractivity contribution in [3.8, 4) is 5.75 Å². The molecule has 0 N–H and O–H groups in total. The van der Waals surface area contributed by atoms with Gasteiger partial charge < -0.3 is 9.64 Å². The molecule has 0 bridgehead atoms. The second-order valence-electron chi connectivity index (χ2n) is 6.95. The van der Waals surface area contributed by atoms with Crippen LogP contribution in [0.2, 0.25) is 0 Å². The summed E-state index contributed by atoms with van der Waals surface area (Å²) >= 11 is 0. The highest BCUT2D eigenvalue weighted by atomic mass is 16.6. The number of carbonyl (C=O) groups excluding carboxylic acids is 1. The Hall–Kier alpha value is -3.19. The number of nitro groups is 1. The fraction of sp³-hybridized carbons (Fsp3) is 0.318. The van der Waals surface area contributed by atoms with Crippen molar-refractivity contribution in [3.63, 3.8) is 0 Å². The standard InChI is InChI=1S/C22H25N3O4/c1-29-20-10-7-18(8-11-20)17-23-13-4-14-24(16-15-23)22(26)12-9-19-5-2-3-6-21(19)25(27)28/h2-3,5-12H,4,13-17H2,1H3/b12-9+. The van der Waals surface area contributed by atoms with E-state index >= 15 is 0 Å². The number of hydrogen-bond acceptors (Lipinski definition) is 5. The second kappa shape index (κ2) is 9.84. The zero-order chi connectivity index (χ0) is 20.6. The molecule has 7 nitrogen and oxygen atoms in total. The molecule has 1 amide bonds. The minimum Gasteiger partial charge on any atom is -0.497 e. The number of para-hydroxylation sites is 1. The van der Waals surface area contributed by atoms with E-state index in [2.05, 4.69) is 17.0 Å². The van der Waals surface area contributed by atoms with Gasteiger partial charge in [-0.1, -0.05) is 24.3 Å². The Bertz CT molecular complexity index is 880. The van der Waals surface area contributed by atoms with Crippen molar-refractivity contribution in [3.05, 3.63) is 75.8 Å². The molecule has 0 saturated carbocycles. The number of hydrogen-bond donors (Lipinski definition) is 0. The first-order valence-corrected chi connectivity index (χ1v) is 9.62. The van der Waals surface area contributed by atoms with Crippen LogP contribution in [0.3, 0.4) is 0 Å². The van der Waals surface area contributed by atoms with E-state index in [9.17, 15) is 14.9 Å². The van der Waals surface area contributed by atoms with Gasteiger partial charge in [0.1, 0.15) is 5.75 Å². The van der Waals surface area contributed by atoms with Crippen LogP contribution < -0.4 is 4.74 Å². The van der Waals surface area contributed by atoms with Crippen molar-refractivity contribution in [1.29, 1.82) is 0 Å². The smallest absolute Gasteiger partial charge is 0.276 e. The normalized spacial score (nSPS) is 15.3. The van der Waals surface area contributed by atoms with Crippen LogP contribution in [0.15, 0.2) is 54.6 Å². The van der Waals surface area contributed by atoms with E-state index in [4.69, 9.17) is 4.74 Å². The first kappa shape index (κ1) is 20.5. The third-order valence-electron chi connectivity index (χ3n) is 5.00. The fourth-order valence-corrected chi connectivity index (χ4v) is 3.40. The molecule has 1 aliphatic heterocycles. The van der Waals surface area contributed by atoms with E-state index < -0.39 is 4.92 Å². The Morgan fingerprint density at radius 2 is 1.86 bits per heavy atom. The maximum atomic E-state index is 12.6. The molecule has 0 atom stereocenters. The predicted molar refractivity (Wildman–Crippen MR) is 112 cm³/mol. The minimum atomic E-state index is -0.437. The third kappa shape index (κ3) is 5.65. The van der Waals surface area contributed by atoms with Crippen LogP contribution in [0.1, 0.15) is 17.5 Å². The number of amides is 1. The van der Waals surface area contributed by atoms with Crippen molar-refractivity contribution in [1.82, 2.24) is 9.80 Å². The van der Waals surface area contributed by atoms with Crippen LogP contribution in [-0.2, 0) is 11.3 Å². The van der Waals surface area contributed by atoms with E-state index in [0.717, 1.165) is 31.8 Å². The summed E-state index contributed by atoms with van der Waals surface area (Å²) in [5, 5.41) is 11.1. The molecular formula is C22H25N3O4. The lowest BCUT2D eigenvalue weighted by atomic mass is 10.1. The monoisotopic (exact) mass is 395 g/mol. The van der Waals surface area contributed by atoms with Gasteiger partial charge in [0.15, 0.2) is 0 Å². The average molecular weight is 395 g/mol. The molecule has 1 fully saturated rings. The Labute approximate surface area is 170 Å². The van der Waals surface area contributed by atoms with Crippen LogP contribution in [0.4, 0.5) is 5.69 Å². The molecule has 3 rings (SSSR count).